The second-order valence-electron chi connectivity index (χ2n) is 14.4. The van der Waals surface area contributed by atoms with Gasteiger partial charge in [-0.3, -0.25) is 0 Å². The number of halogens is 3. The molecule has 2 aromatic heterocycles. The van der Waals surface area contributed by atoms with Gasteiger partial charge in [0.05, 0.1) is 5.52 Å². The molecule has 2 aliphatic carbocycles. The van der Waals surface area contributed by atoms with Crippen LogP contribution in [0.1, 0.15) is 57.4 Å². The first-order chi connectivity index (χ1) is 24.5. The van der Waals surface area contributed by atoms with Crippen molar-refractivity contribution >= 4 is 76.3 Å². The van der Waals surface area contributed by atoms with E-state index >= 15 is 0 Å². The standard InChI is InChI=1S/C23H18BrN.C15H12BrI.C8H7N.CH4/c1-23(2)20-13-16(24)7-9-18(20)19-10-8-17(14-21(19)23)25-12-11-15-5-3-4-6-22(15)25;1-15(2)13-7-9(16)3-5-11(13)12-6-4-10(17)8-14(12)15;1-2-4-8-7(3-1)5-6-9-8;/h3-14H,1-2H3;3-8H,1-2H3;1-6,9H;1H4. The van der Waals surface area contributed by atoms with Crippen molar-refractivity contribution in [3.05, 3.63) is 181 Å². The maximum Gasteiger partial charge on any atom is 0.0528 e. The van der Waals surface area contributed by atoms with E-state index in [0.29, 0.717) is 0 Å². The fourth-order valence-corrected chi connectivity index (χ4v) is 9.05. The molecule has 0 atom stereocenters. The molecule has 0 bridgehead atoms. The van der Waals surface area contributed by atoms with Crippen LogP contribution in [0.25, 0.3) is 49.7 Å². The van der Waals surface area contributed by atoms with E-state index in [2.05, 4.69) is 219 Å². The first kappa shape index (κ1) is 36.4. The van der Waals surface area contributed by atoms with Crippen LogP contribution in [-0.4, -0.2) is 9.55 Å². The smallest absolute Gasteiger partial charge is 0.0528 e. The van der Waals surface area contributed by atoms with Gasteiger partial charge >= 0.3 is 0 Å². The summed E-state index contributed by atoms with van der Waals surface area (Å²) in [5.74, 6) is 0. The van der Waals surface area contributed by atoms with E-state index in [-0.39, 0.29) is 18.3 Å². The Bertz CT molecular complexity index is 2510. The Morgan fingerprint density at radius 3 is 1.69 bits per heavy atom. The van der Waals surface area contributed by atoms with Crippen LogP contribution in [-0.2, 0) is 10.8 Å². The molecule has 8 aromatic rings. The number of fused-ring (bicyclic) bond motifs is 8. The fraction of sp³-hybridized carbons (Fsp3) is 0.149. The zero-order chi connectivity index (χ0) is 35.5. The van der Waals surface area contributed by atoms with Gasteiger partial charge in [-0.05, 0) is 151 Å². The van der Waals surface area contributed by atoms with Crippen LogP contribution in [0.5, 0.6) is 0 Å². The van der Waals surface area contributed by atoms with Gasteiger partial charge in [0.1, 0.15) is 0 Å². The fourth-order valence-electron chi connectivity index (χ4n) is 7.83. The average Bonchev–Trinajstić information content (AvgIpc) is 3.88. The van der Waals surface area contributed by atoms with Crippen molar-refractivity contribution in [1.82, 2.24) is 9.55 Å². The van der Waals surface area contributed by atoms with Crippen LogP contribution in [0.3, 0.4) is 0 Å². The van der Waals surface area contributed by atoms with Gasteiger partial charge in [-0.15, -0.1) is 0 Å². The first-order valence-electron chi connectivity index (χ1n) is 17.2. The van der Waals surface area contributed by atoms with Gasteiger partial charge in [-0.2, -0.15) is 0 Å². The third-order valence-electron chi connectivity index (χ3n) is 10.6. The normalized spacial score (nSPS) is 13.8. The van der Waals surface area contributed by atoms with Crippen LogP contribution in [0.15, 0.2) is 155 Å². The molecule has 0 unspecified atom stereocenters. The third-order valence-corrected chi connectivity index (χ3v) is 12.2. The summed E-state index contributed by atoms with van der Waals surface area (Å²) in [5, 5.41) is 2.55. The minimum atomic E-state index is 0. The molecule has 0 saturated heterocycles. The summed E-state index contributed by atoms with van der Waals surface area (Å²) in [4.78, 5) is 3.12. The van der Waals surface area contributed by atoms with Crippen molar-refractivity contribution in [3.63, 3.8) is 0 Å². The summed E-state index contributed by atoms with van der Waals surface area (Å²) in [6, 6.07) is 47.8. The molecule has 5 heteroatoms. The lowest BCUT2D eigenvalue weighted by Crippen LogP contribution is -2.15. The zero-order valence-corrected chi connectivity index (χ0v) is 34.3. The highest BCUT2D eigenvalue weighted by atomic mass is 127. The predicted octanol–water partition coefficient (Wildman–Crippen LogP) is 14.9. The molecule has 52 heavy (non-hydrogen) atoms. The Morgan fingerprint density at radius 1 is 0.538 bits per heavy atom. The SMILES string of the molecule is C.CC1(C)c2cc(Br)ccc2-c2ccc(-n3ccc4ccccc43)cc21.CC1(C)c2cc(Br)ccc2-c2ccc(I)cc21.c1ccc2[nH]ccc2c1. The maximum absolute atomic E-state index is 3.63. The largest absolute Gasteiger partial charge is 0.361 e. The van der Waals surface area contributed by atoms with Gasteiger partial charge in [0.2, 0.25) is 0 Å². The van der Waals surface area contributed by atoms with Crippen molar-refractivity contribution in [3.8, 4) is 27.9 Å². The molecular weight excluding hydrogens is 879 g/mol. The Labute approximate surface area is 337 Å². The number of para-hydroxylation sites is 2. The topological polar surface area (TPSA) is 20.7 Å². The van der Waals surface area contributed by atoms with Gasteiger partial charge in [-0.25, -0.2) is 0 Å². The Kier molecular flexibility index (Phi) is 9.92. The van der Waals surface area contributed by atoms with Gasteiger partial charge in [0.25, 0.3) is 0 Å². The summed E-state index contributed by atoms with van der Waals surface area (Å²) in [5.41, 5.74) is 14.9. The lowest BCUT2D eigenvalue weighted by molar-refractivity contribution is 0.659. The van der Waals surface area contributed by atoms with Crippen LogP contribution < -0.4 is 0 Å². The van der Waals surface area contributed by atoms with E-state index in [0.717, 1.165) is 8.95 Å². The molecule has 1 N–H and O–H groups in total. The number of rotatable bonds is 1. The highest BCUT2D eigenvalue weighted by Gasteiger charge is 2.36. The second-order valence-corrected chi connectivity index (χ2v) is 17.4. The monoisotopic (exact) mass is 918 g/mol. The summed E-state index contributed by atoms with van der Waals surface area (Å²) >= 11 is 9.59. The number of hydrogen-bond donors (Lipinski definition) is 1. The molecule has 0 aliphatic heterocycles. The van der Waals surface area contributed by atoms with Crippen molar-refractivity contribution in [2.24, 2.45) is 0 Å². The first-order valence-corrected chi connectivity index (χ1v) is 19.8. The number of benzene rings is 6. The maximum atomic E-state index is 3.63. The number of aromatic nitrogens is 2. The molecule has 0 amide bonds. The molecule has 6 aromatic carbocycles. The highest BCUT2D eigenvalue weighted by Crippen LogP contribution is 2.51. The quantitative estimate of drug-likeness (QED) is 0.158. The molecule has 10 rings (SSSR count). The summed E-state index contributed by atoms with van der Waals surface area (Å²) < 4.78 is 5.89. The van der Waals surface area contributed by atoms with Gasteiger partial charge in [0, 0.05) is 46.9 Å². The van der Waals surface area contributed by atoms with E-state index in [1.807, 2.05) is 18.3 Å². The minimum absolute atomic E-state index is 0. The Balaban J connectivity index is 0.000000134. The number of nitrogens with one attached hydrogen (secondary N) is 1. The summed E-state index contributed by atoms with van der Waals surface area (Å²) in [7, 11) is 0. The zero-order valence-electron chi connectivity index (χ0n) is 28.9. The van der Waals surface area contributed by atoms with E-state index in [1.54, 1.807) is 0 Å². The third kappa shape index (κ3) is 6.39. The molecule has 260 valence electrons. The van der Waals surface area contributed by atoms with E-state index in [1.165, 1.54) is 75.6 Å². The van der Waals surface area contributed by atoms with Crippen LogP contribution in [0.2, 0.25) is 0 Å². The number of nitrogens with zero attached hydrogens (tertiary/aromatic N) is 1. The Hall–Kier alpha value is -3.91. The van der Waals surface area contributed by atoms with E-state index < -0.39 is 0 Å². The van der Waals surface area contributed by atoms with E-state index in [4.69, 9.17) is 0 Å². The van der Waals surface area contributed by atoms with Crippen LogP contribution >= 0.6 is 54.5 Å². The molecular formula is C47H41Br2IN2. The minimum Gasteiger partial charge on any atom is -0.361 e. The molecule has 2 aliphatic rings. The van der Waals surface area contributed by atoms with Crippen molar-refractivity contribution in [1.29, 1.82) is 0 Å². The van der Waals surface area contributed by atoms with Crippen LogP contribution in [0.4, 0.5) is 0 Å². The van der Waals surface area contributed by atoms with Crippen molar-refractivity contribution in [2.45, 2.75) is 46.0 Å². The van der Waals surface area contributed by atoms with Gasteiger partial charge in [0.15, 0.2) is 0 Å². The number of hydrogen-bond acceptors (Lipinski definition) is 0. The lowest BCUT2D eigenvalue weighted by Gasteiger charge is -2.22. The molecule has 2 heterocycles. The molecule has 0 saturated carbocycles. The van der Waals surface area contributed by atoms with Crippen molar-refractivity contribution in [2.75, 3.05) is 0 Å². The van der Waals surface area contributed by atoms with Crippen LogP contribution in [0, 0.1) is 3.57 Å². The Morgan fingerprint density at radius 2 is 1.06 bits per heavy atom. The predicted molar refractivity (Wildman–Crippen MR) is 238 cm³/mol. The summed E-state index contributed by atoms with van der Waals surface area (Å²) in [6.07, 6.45) is 4.11. The second kappa shape index (κ2) is 14.1. The lowest BCUT2D eigenvalue weighted by atomic mass is 9.82. The number of H-pyrrole nitrogens is 1. The number of aromatic amines is 1. The summed E-state index contributed by atoms with van der Waals surface area (Å²) in [6.45, 7) is 9.25. The molecule has 0 fully saturated rings. The molecule has 0 radical (unpaired) electrons. The van der Waals surface area contributed by atoms with Gasteiger partial charge in [-0.1, -0.05) is 128 Å². The average molecular weight is 921 g/mol. The molecule has 0 spiro atoms. The highest BCUT2D eigenvalue weighted by molar-refractivity contribution is 14.1. The molecule has 2 nitrogen and oxygen atoms in total. The van der Waals surface area contributed by atoms with Gasteiger partial charge < -0.3 is 9.55 Å². The van der Waals surface area contributed by atoms with Crippen molar-refractivity contribution < 1.29 is 0 Å². The van der Waals surface area contributed by atoms with E-state index in [9.17, 15) is 0 Å².